The molecule has 1 aromatic heterocycles. The highest BCUT2D eigenvalue weighted by Gasteiger charge is 2.21. The number of ether oxygens (including phenoxy) is 1. The van der Waals surface area contributed by atoms with E-state index in [0.29, 0.717) is 5.56 Å². The Kier molecular flexibility index (Phi) is 5.75. The van der Waals surface area contributed by atoms with Gasteiger partial charge in [-0.25, -0.2) is 0 Å². The lowest BCUT2D eigenvalue weighted by Crippen LogP contribution is -2.30. The van der Waals surface area contributed by atoms with Crippen LogP contribution in [0.15, 0.2) is 41.8 Å². The molecule has 1 unspecified atom stereocenters. The number of thiophene rings is 1. The van der Waals surface area contributed by atoms with Gasteiger partial charge in [0.1, 0.15) is 0 Å². The van der Waals surface area contributed by atoms with Crippen LogP contribution in [0.2, 0.25) is 0 Å². The smallest absolute Gasteiger partial charge is 0.307 e. The summed E-state index contributed by atoms with van der Waals surface area (Å²) in [5.41, 5.74) is 0.601. The van der Waals surface area contributed by atoms with E-state index < -0.39 is 0 Å². The number of amides is 1. The molecule has 2 rings (SSSR count). The van der Waals surface area contributed by atoms with Crippen LogP contribution in [0, 0.1) is 3.57 Å². The summed E-state index contributed by atoms with van der Waals surface area (Å²) >= 11 is 3.62. The number of methoxy groups -OCH3 is 1. The van der Waals surface area contributed by atoms with Crippen LogP contribution in [0.1, 0.15) is 27.7 Å². The molecule has 0 aliphatic rings. The van der Waals surface area contributed by atoms with Gasteiger partial charge in [0.2, 0.25) is 0 Å². The van der Waals surface area contributed by atoms with E-state index in [1.165, 1.54) is 18.4 Å². The summed E-state index contributed by atoms with van der Waals surface area (Å²) < 4.78 is 5.57. The summed E-state index contributed by atoms with van der Waals surface area (Å²) in [6.07, 6.45) is 0.117. The molecule has 0 bridgehead atoms. The molecular formula is C15H14INO3S. The van der Waals surface area contributed by atoms with Crippen LogP contribution < -0.4 is 5.32 Å². The Hall–Kier alpha value is -1.41. The summed E-state index contributed by atoms with van der Waals surface area (Å²) in [6, 6.07) is 10.7. The van der Waals surface area contributed by atoms with Crippen molar-refractivity contribution in [3.63, 3.8) is 0 Å². The highest BCUT2D eigenvalue weighted by atomic mass is 127. The minimum Gasteiger partial charge on any atom is -0.469 e. The van der Waals surface area contributed by atoms with E-state index in [1.807, 2.05) is 35.7 Å². The molecule has 0 saturated heterocycles. The molecule has 1 heterocycles. The van der Waals surface area contributed by atoms with Gasteiger partial charge in [-0.15, -0.1) is 11.3 Å². The van der Waals surface area contributed by atoms with Crippen molar-refractivity contribution in [2.75, 3.05) is 7.11 Å². The summed E-state index contributed by atoms with van der Waals surface area (Å²) in [6.45, 7) is 0. The molecule has 4 nitrogen and oxygen atoms in total. The van der Waals surface area contributed by atoms with E-state index in [4.69, 9.17) is 4.74 Å². The van der Waals surface area contributed by atoms with E-state index in [9.17, 15) is 9.59 Å². The van der Waals surface area contributed by atoms with Crippen molar-refractivity contribution in [3.8, 4) is 0 Å². The minimum absolute atomic E-state index is 0.117. The first-order valence-electron chi connectivity index (χ1n) is 6.27. The third-order valence-corrected chi connectivity index (χ3v) is 4.84. The molecule has 0 aliphatic carbocycles. The van der Waals surface area contributed by atoms with Gasteiger partial charge in [0.15, 0.2) is 0 Å². The van der Waals surface area contributed by atoms with Gasteiger partial charge >= 0.3 is 5.97 Å². The van der Waals surface area contributed by atoms with Crippen LogP contribution in [0.5, 0.6) is 0 Å². The van der Waals surface area contributed by atoms with Crippen LogP contribution in [0.3, 0.4) is 0 Å². The van der Waals surface area contributed by atoms with Gasteiger partial charge in [-0.3, -0.25) is 9.59 Å². The number of benzene rings is 1. The van der Waals surface area contributed by atoms with Crippen molar-refractivity contribution in [2.45, 2.75) is 12.5 Å². The third kappa shape index (κ3) is 4.28. The van der Waals surface area contributed by atoms with Crippen molar-refractivity contribution >= 4 is 45.8 Å². The Bertz CT molecular complexity index is 628. The highest BCUT2D eigenvalue weighted by molar-refractivity contribution is 14.1. The van der Waals surface area contributed by atoms with Crippen LogP contribution >= 0.6 is 33.9 Å². The van der Waals surface area contributed by atoms with Gasteiger partial charge in [0.05, 0.1) is 25.1 Å². The van der Waals surface area contributed by atoms with Gasteiger partial charge in [0.25, 0.3) is 5.91 Å². The Balaban J connectivity index is 2.17. The standard InChI is InChI=1S/C15H14INO3S/c1-20-14(18)9-12(13-7-4-8-21-13)17-15(19)10-5-2-3-6-11(10)16/h2-8,12H,9H2,1H3,(H,17,19). The molecule has 1 amide bonds. The van der Waals surface area contributed by atoms with Gasteiger partial charge < -0.3 is 10.1 Å². The summed E-state index contributed by atoms with van der Waals surface area (Å²) in [4.78, 5) is 24.8. The zero-order chi connectivity index (χ0) is 15.2. The fourth-order valence-corrected chi connectivity index (χ4v) is 3.25. The largest absolute Gasteiger partial charge is 0.469 e. The van der Waals surface area contributed by atoms with Gasteiger partial charge in [-0.05, 0) is 46.2 Å². The number of carbonyl (C=O) groups excluding carboxylic acids is 2. The van der Waals surface area contributed by atoms with E-state index >= 15 is 0 Å². The normalized spacial score (nSPS) is 11.7. The SMILES string of the molecule is COC(=O)CC(NC(=O)c1ccccc1I)c1cccs1. The molecule has 0 radical (unpaired) electrons. The molecular weight excluding hydrogens is 401 g/mol. The van der Waals surface area contributed by atoms with E-state index in [-0.39, 0.29) is 24.3 Å². The maximum absolute atomic E-state index is 12.4. The quantitative estimate of drug-likeness (QED) is 0.602. The summed E-state index contributed by atoms with van der Waals surface area (Å²) in [5.74, 6) is -0.543. The average Bonchev–Trinajstić information content (AvgIpc) is 3.01. The zero-order valence-electron chi connectivity index (χ0n) is 11.3. The molecule has 1 aromatic carbocycles. The Morgan fingerprint density at radius 3 is 2.67 bits per heavy atom. The third-order valence-electron chi connectivity index (χ3n) is 2.91. The lowest BCUT2D eigenvalue weighted by Gasteiger charge is -2.17. The number of halogens is 1. The van der Waals surface area contributed by atoms with Crippen LogP contribution in [-0.2, 0) is 9.53 Å². The predicted octanol–water partition coefficient (Wildman–Crippen LogP) is 3.39. The topological polar surface area (TPSA) is 55.4 Å². The predicted molar refractivity (Wildman–Crippen MR) is 90.3 cm³/mol. The Labute approximate surface area is 140 Å². The van der Waals surface area contributed by atoms with Crippen molar-refractivity contribution in [2.24, 2.45) is 0 Å². The first kappa shape index (κ1) is 16.0. The Morgan fingerprint density at radius 2 is 2.05 bits per heavy atom. The molecule has 110 valence electrons. The second kappa shape index (κ2) is 7.56. The molecule has 0 saturated carbocycles. The van der Waals surface area contributed by atoms with Crippen LogP contribution in [-0.4, -0.2) is 19.0 Å². The van der Waals surface area contributed by atoms with Crippen molar-refractivity contribution in [1.29, 1.82) is 0 Å². The molecule has 6 heteroatoms. The van der Waals surface area contributed by atoms with Gasteiger partial charge in [-0.2, -0.15) is 0 Å². The number of carbonyl (C=O) groups is 2. The number of hydrogen-bond acceptors (Lipinski definition) is 4. The van der Waals surface area contributed by atoms with E-state index in [1.54, 1.807) is 6.07 Å². The number of nitrogens with one attached hydrogen (secondary N) is 1. The minimum atomic E-state index is -0.374. The molecule has 0 aliphatic heterocycles. The van der Waals surface area contributed by atoms with Gasteiger partial charge in [-0.1, -0.05) is 18.2 Å². The fourth-order valence-electron chi connectivity index (χ4n) is 1.84. The Morgan fingerprint density at radius 1 is 1.29 bits per heavy atom. The van der Waals surface area contributed by atoms with Crippen molar-refractivity contribution in [1.82, 2.24) is 5.32 Å². The number of hydrogen-bond donors (Lipinski definition) is 1. The molecule has 1 atom stereocenters. The first-order valence-corrected chi connectivity index (χ1v) is 8.23. The monoisotopic (exact) mass is 415 g/mol. The molecule has 21 heavy (non-hydrogen) atoms. The molecule has 1 N–H and O–H groups in total. The summed E-state index contributed by atoms with van der Waals surface area (Å²) in [5, 5.41) is 4.82. The van der Waals surface area contributed by atoms with Crippen LogP contribution in [0.4, 0.5) is 0 Å². The second-order valence-corrected chi connectivity index (χ2v) is 6.44. The zero-order valence-corrected chi connectivity index (χ0v) is 14.3. The number of rotatable bonds is 5. The van der Waals surface area contributed by atoms with Crippen molar-refractivity contribution in [3.05, 3.63) is 55.8 Å². The summed E-state index contributed by atoms with van der Waals surface area (Å²) in [7, 11) is 1.34. The maximum atomic E-state index is 12.4. The molecule has 0 spiro atoms. The highest BCUT2D eigenvalue weighted by Crippen LogP contribution is 2.23. The lowest BCUT2D eigenvalue weighted by molar-refractivity contribution is -0.141. The first-order chi connectivity index (χ1) is 10.1. The number of esters is 1. The second-order valence-electron chi connectivity index (χ2n) is 4.30. The molecule has 0 fully saturated rings. The lowest BCUT2D eigenvalue weighted by atomic mass is 10.1. The van der Waals surface area contributed by atoms with Gasteiger partial charge in [0, 0.05) is 8.45 Å². The van der Waals surface area contributed by atoms with E-state index in [2.05, 4.69) is 27.9 Å². The van der Waals surface area contributed by atoms with E-state index in [0.717, 1.165) is 8.45 Å². The fraction of sp³-hybridized carbons (Fsp3) is 0.200. The maximum Gasteiger partial charge on any atom is 0.307 e. The average molecular weight is 415 g/mol. The van der Waals surface area contributed by atoms with Crippen molar-refractivity contribution < 1.29 is 14.3 Å². The molecule has 2 aromatic rings. The van der Waals surface area contributed by atoms with Crippen LogP contribution in [0.25, 0.3) is 0 Å².